The Kier molecular flexibility index (Phi) is 5.86. The van der Waals surface area contributed by atoms with E-state index in [1.165, 1.54) is 19.5 Å². The molecule has 0 saturated carbocycles. The Balaban J connectivity index is 2.71. The standard InChI is InChI=1S/C11H17N3O4/c1-17-6-5-14(4-3-11(16)18-2)9-7-10(15)13-8-12-9/h7-8H,3-6H2,1-2H3,(H,12,13,15). The van der Waals surface area contributed by atoms with E-state index in [0.717, 1.165) is 0 Å². The summed E-state index contributed by atoms with van der Waals surface area (Å²) in [6, 6.07) is 1.38. The molecule has 7 nitrogen and oxygen atoms in total. The van der Waals surface area contributed by atoms with Gasteiger partial charge < -0.3 is 19.4 Å². The minimum atomic E-state index is -0.303. The van der Waals surface area contributed by atoms with E-state index in [4.69, 9.17) is 4.74 Å². The number of rotatable bonds is 7. The average Bonchev–Trinajstić information content (AvgIpc) is 2.38. The van der Waals surface area contributed by atoms with Crippen LogP contribution in [0.5, 0.6) is 0 Å². The number of aromatic amines is 1. The van der Waals surface area contributed by atoms with Gasteiger partial charge in [-0.05, 0) is 0 Å². The number of nitrogens with one attached hydrogen (secondary N) is 1. The third-order valence-electron chi connectivity index (χ3n) is 2.37. The summed E-state index contributed by atoms with van der Waals surface area (Å²) in [5, 5.41) is 0. The van der Waals surface area contributed by atoms with E-state index in [1.54, 1.807) is 12.0 Å². The summed E-state index contributed by atoms with van der Waals surface area (Å²) in [4.78, 5) is 30.6. The van der Waals surface area contributed by atoms with Crippen molar-refractivity contribution in [2.45, 2.75) is 6.42 Å². The largest absolute Gasteiger partial charge is 0.469 e. The first-order valence-electron chi connectivity index (χ1n) is 5.52. The van der Waals surface area contributed by atoms with E-state index in [0.29, 0.717) is 25.5 Å². The fraction of sp³-hybridized carbons (Fsp3) is 0.545. The van der Waals surface area contributed by atoms with Gasteiger partial charge in [0.25, 0.3) is 5.56 Å². The van der Waals surface area contributed by atoms with Gasteiger partial charge in [-0.2, -0.15) is 0 Å². The summed E-state index contributed by atoms with van der Waals surface area (Å²) < 4.78 is 9.57. The highest BCUT2D eigenvalue weighted by molar-refractivity contribution is 5.69. The molecule has 0 bridgehead atoms. The van der Waals surface area contributed by atoms with Crippen molar-refractivity contribution in [3.05, 3.63) is 22.7 Å². The normalized spacial score (nSPS) is 10.1. The second-order valence-electron chi connectivity index (χ2n) is 3.58. The van der Waals surface area contributed by atoms with Crippen LogP contribution in [0.2, 0.25) is 0 Å². The molecule has 0 unspecified atom stereocenters. The molecule has 1 aromatic rings. The molecule has 0 radical (unpaired) electrons. The Morgan fingerprint density at radius 2 is 2.22 bits per heavy atom. The first kappa shape index (κ1) is 14.2. The van der Waals surface area contributed by atoms with Gasteiger partial charge >= 0.3 is 5.97 Å². The lowest BCUT2D eigenvalue weighted by Crippen LogP contribution is -2.31. The van der Waals surface area contributed by atoms with Crippen LogP contribution in [0.4, 0.5) is 5.82 Å². The molecule has 7 heteroatoms. The fourth-order valence-corrected chi connectivity index (χ4v) is 1.40. The molecule has 0 atom stereocenters. The maximum Gasteiger partial charge on any atom is 0.307 e. The van der Waals surface area contributed by atoms with Crippen LogP contribution in [0.3, 0.4) is 0 Å². The average molecular weight is 255 g/mol. The maximum atomic E-state index is 11.2. The summed E-state index contributed by atoms with van der Waals surface area (Å²) in [6.45, 7) is 1.45. The van der Waals surface area contributed by atoms with Crippen molar-refractivity contribution in [3.63, 3.8) is 0 Å². The SMILES string of the molecule is COCCN(CCC(=O)OC)c1cc(=O)[nH]cn1. The highest BCUT2D eigenvalue weighted by Crippen LogP contribution is 2.07. The quantitative estimate of drug-likeness (QED) is 0.678. The van der Waals surface area contributed by atoms with Crippen LogP contribution in [0.25, 0.3) is 0 Å². The van der Waals surface area contributed by atoms with E-state index in [2.05, 4.69) is 14.7 Å². The second-order valence-corrected chi connectivity index (χ2v) is 3.58. The third kappa shape index (κ3) is 4.54. The Morgan fingerprint density at radius 3 is 2.83 bits per heavy atom. The number of ether oxygens (including phenoxy) is 2. The molecule has 0 aliphatic heterocycles. The minimum absolute atomic E-state index is 0.231. The van der Waals surface area contributed by atoms with Gasteiger partial charge in [-0.3, -0.25) is 9.59 Å². The van der Waals surface area contributed by atoms with Gasteiger partial charge in [-0.1, -0.05) is 0 Å². The summed E-state index contributed by atoms with van der Waals surface area (Å²) in [6.07, 6.45) is 1.56. The first-order chi connectivity index (χ1) is 8.67. The van der Waals surface area contributed by atoms with Crippen LogP contribution < -0.4 is 10.5 Å². The van der Waals surface area contributed by atoms with Gasteiger partial charge in [0.15, 0.2) is 0 Å². The van der Waals surface area contributed by atoms with E-state index in [9.17, 15) is 9.59 Å². The molecule has 100 valence electrons. The van der Waals surface area contributed by atoms with Crippen molar-refractivity contribution >= 4 is 11.8 Å². The van der Waals surface area contributed by atoms with Crippen LogP contribution >= 0.6 is 0 Å². The zero-order valence-corrected chi connectivity index (χ0v) is 10.5. The summed E-state index contributed by atoms with van der Waals surface area (Å²) in [5.41, 5.74) is -0.236. The van der Waals surface area contributed by atoms with Gasteiger partial charge in [0, 0.05) is 26.3 Å². The molecule has 1 rings (SSSR count). The zero-order chi connectivity index (χ0) is 13.4. The van der Waals surface area contributed by atoms with Crippen LogP contribution in [0.15, 0.2) is 17.2 Å². The number of carbonyl (C=O) groups is 1. The lowest BCUT2D eigenvalue weighted by Gasteiger charge is -2.22. The highest BCUT2D eigenvalue weighted by Gasteiger charge is 2.10. The van der Waals surface area contributed by atoms with Crippen LogP contribution in [0.1, 0.15) is 6.42 Å². The third-order valence-corrected chi connectivity index (χ3v) is 2.37. The molecule has 1 heterocycles. The topological polar surface area (TPSA) is 84.5 Å². The molecule has 0 aromatic carbocycles. The number of aromatic nitrogens is 2. The number of H-pyrrole nitrogens is 1. The fourth-order valence-electron chi connectivity index (χ4n) is 1.40. The number of methoxy groups -OCH3 is 2. The van der Waals surface area contributed by atoms with Crippen molar-refractivity contribution in [1.29, 1.82) is 0 Å². The van der Waals surface area contributed by atoms with Crippen molar-refractivity contribution in [2.24, 2.45) is 0 Å². The van der Waals surface area contributed by atoms with Gasteiger partial charge in [-0.25, -0.2) is 4.98 Å². The Labute approximate surface area is 105 Å². The molecule has 0 aliphatic carbocycles. The minimum Gasteiger partial charge on any atom is -0.469 e. The van der Waals surface area contributed by atoms with Gasteiger partial charge in [0.2, 0.25) is 0 Å². The molecule has 1 N–H and O–H groups in total. The van der Waals surface area contributed by atoms with Gasteiger partial charge in [0.05, 0.1) is 26.5 Å². The molecule has 18 heavy (non-hydrogen) atoms. The Bertz CT molecular complexity index is 432. The predicted octanol–water partition coefficient (Wildman–Crippen LogP) is -0.214. The molecular formula is C11H17N3O4. The van der Waals surface area contributed by atoms with Crippen molar-refractivity contribution < 1.29 is 14.3 Å². The molecule has 0 aliphatic rings. The Hall–Kier alpha value is -1.89. The van der Waals surface area contributed by atoms with E-state index in [1.807, 2.05) is 0 Å². The number of hydrogen-bond donors (Lipinski definition) is 1. The summed E-state index contributed by atoms with van der Waals surface area (Å²) in [7, 11) is 2.93. The van der Waals surface area contributed by atoms with Crippen molar-refractivity contribution in [2.75, 3.05) is 38.8 Å². The maximum absolute atomic E-state index is 11.2. The van der Waals surface area contributed by atoms with E-state index in [-0.39, 0.29) is 17.9 Å². The first-order valence-corrected chi connectivity index (χ1v) is 5.52. The second kappa shape index (κ2) is 7.44. The molecule has 0 spiro atoms. The monoisotopic (exact) mass is 255 g/mol. The van der Waals surface area contributed by atoms with Gasteiger partial charge in [-0.15, -0.1) is 0 Å². The number of hydrogen-bond acceptors (Lipinski definition) is 6. The number of carbonyl (C=O) groups excluding carboxylic acids is 1. The smallest absolute Gasteiger partial charge is 0.307 e. The molecule has 0 fully saturated rings. The van der Waals surface area contributed by atoms with Crippen molar-refractivity contribution in [1.82, 2.24) is 9.97 Å². The lowest BCUT2D eigenvalue weighted by atomic mass is 10.3. The Morgan fingerprint density at radius 1 is 1.44 bits per heavy atom. The predicted molar refractivity (Wildman–Crippen MR) is 65.6 cm³/mol. The number of anilines is 1. The molecule has 0 saturated heterocycles. The van der Waals surface area contributed by atoms with E-state index >= 15 is 0 Å². The summed E-state index contributed by atoms with van der Waals surface area (Å²) in [5.74, 6) is 0.210. The van der Waals surface area contributed by atoms with Crippen molar-refractivity contribution in [3.8, 4) is 0 Å². The lowest BCUT2D eigenvalue weighted by molar-refractivity contribution is -0.140. The van der Waals surface area contributed by atoms with E-state index < -0.39 is 0 Å². The molecule has 0 amide bonds. The number of nitrogens with zero attached hydrogens (tertiary/aromatic N) is 2. The van der Waals surface area contributed by atoms with Gasteiger partial charge in [0.1, 0.15) is 5.82 Å². The zero-order valence-electron chi connectivity index (χ0n) is 10.5. The van der Waals surface area contributed by atoms with Crippen LogP contribution in [0, 0.1) is 0 Å². The van der Waals surface area contributed by atoms with Crippen LogP contribution in [-0.2, 0) is 14.3 Å². The summed E-state index contributed by atoms with van der Waals surface area (Å²) >= 11 is 0. The number of esters is 1. The highest BCUT2D eigenvalue weighted by atomic mass is 16.5. The molecule has 1 aromatic heterocycles. The van der Waals surface area contributed by atoms with Crippen LogP contribution in [-0.4, -0.2) is 49.9 Å². The molecular weight excluding hydrogens is 238 g/mol.